The van der Waals surface area contributed by atoms with Gasteiger partial charge in [-0.25, -0.2) is 8.78 Å². The molecule has 0 N–H and O–H groups in total. The fourth-order valence-electron chi connectivity index (χ4n) is 3.61. The number of nitrogens with zero attached hydrogens (tertiary/aromatic N) is 2. The van der Waals surface area contributed by atoms with Crippen LogP contribution in [0, 0.1) is 25.5 Å². The molecule has 0 fully saturated rings. The molecule has 2 aromatic rings. The topological polar surface area (TPSA) is 57.7 Å². The van der Waals surface area contributed by atoms with Crippen molar-refractivity contribution in [3.8, 4) is 0 Å². The predicted octanol–water partition coefficient (Wildman–Crippen LogP) is 3.98. The van der Waals surface area contributed by atoms with E-state index in [0.717, 1.165) is 27.2 Å². The fraction of sp³-hybridized carbons (Fsp3) is 0.400. The van der Waals surface area contributed by atoms with Crippen molar-refractivity contribution in [3.05, 3.63) is 70.3 Å². The highest BCUT2D eigenvalue weighted by molar-refractivity contribution is 6.00. The first kappa shape index (κ1) is 25.2. The lowest BCUT2D eigenvalue weighted by Crippen LogP contribution is -2.37. The number of carbonyl (C=O) groups is 3. The molecule has 0 bridgehead atoms. The number of aryl methyl sites for hydroxylation is 4. The lowest BCUT2D eigenvalue weighted by molar-refractivity contribution is -0.142. The van der Waals surface area contributed by atoms with Crippen molar-refractivity contribution in [2.45, 2.75) is 46.0 Å². The van der Waals surface area contributed by atoms with E-state index in [0.29, 0.717) is 38.6 Å². The van der Waals surface area contributed by atoms with Crippen molar-refractivity contribution in [2.24, 2.45) is 0 Å². The van der Waals surface area contributed by atoms with Crippen molar-refractivity contribution in [1.29, 1.82) is 0 Å². The van der Waals surface area contributed by atoms with Gasteiger partial charge in [0.2, 0.25) is 18.2 Å². The first-order valence-corrected chi connectivity index (χ1v) is 10.7. The minimum Gasteiger partial charge on any atom is -0.345 e. The third-order valence-corrected chi connectivity index (χ3v) is 5.20. The summed E-state index contributed by atoms with van der Waals surface area (Å²) >= 11 is 0. The molecule has 0 radical (unpaired) electrons. The average molecular weight is 445 g/mol. The summed E-state index contributed by atoms with van der Waals surface area (Å²) in [6.07, 6.45) is 2.27. The van der Waals surface area contributed by atoms with E-state index in [2.05, 4.69) is 0 Å². The van der Waals surface area contributed by atoms with Gasteiger partial charge in [0.05, 0.1) is 0 Å². The molecule has 7 heteroatoms. The molecule has 172 valence electrons. The van der Waals surface area contributed by atoms with Crippen molar-refractivity contribution in [2.75, 3.05) is 20.1 Å². The van der Waals surface area contributed by atoms with Gasteiger partial charge < -0.3 is 4.90 Å². The van der Waals surface area contributed by atoms with Crippen LogP contribution in [0.2, 0.25) is 0 Å². The number of benzene rings is 2. The molecule has 3 amide bonds. The van der Waals surface area contributed by atoms with E-state index < -0.39 is 12.3 Å². The summed E-state index contributed by atoms with van der Waals surface area (Å²) in [5, 5.41) is 0. The summed E-state index contributed by atoms with van der Waals surface area (Å²) in [7, 11) is 1.60. The number of hydrogen-bond donors (Lipinski definition) is 0. The second-order valence-corrected chi connectivity index (χ2v) is 8.17. The molecule has 0 aliphatic carbocycles. The first-order chi connectivity index (χ1) is 15.2. The Morgan fingerprint density at radius 1 is 0.812 bits per heavy atom. The standard InChI is InChI=1S/C25H30F2N2O3/c1-18-10-20(14-22(26)12-18)6-4-8-28(3)24(31)16-25(32)29(17-30)9-5-7-21-11-19(2)13-23(27)15-21/h10-15,17H,4-9,16H2,1-3H3. The highest BCUT2D eigenvalue weighted by atomic mass is 19.1. The Morgan fingerprint density at radius 2 is 1.31 bits per heavy atom. The van der Waals surface area contributed by atoms with Crippen LogP contribution in [-0.2, 0) is 27.2 Å². The third kappa shape index (κ3) is 8.21. The van der Waals surface area contributed by atoms with Crippen LogP contribution in [0.4, 0.5) is 8.78 Å². The summed E-state index contributed by atoms with van der Waals surface area (Å²) in [4.78, 5) is 38.5. The molecule has 0 aromatic heterocycles. The molecule has 0 saturated carbocycles. The van der Waals surface area contributed by atoms with Gasteiger partial charge in [-0.05, 0) is 86.1 Å². The van der Waals surface area contributed by atoms with Crippen LogP contribution in [0.3, 0.4) is 0 Å². The van der Waals surface area contributed by atoms with Crippen LogP contribution in [0.1, 0.15) is 41.5 Å². The van der Waals surface area contributed by atoms with Gasteiger partial charge >= 0.3 is 0 Å². The van der Waals surface area contributed by atoms with Crippen LogP contribution < -0.4 is 0 Å². The van der Waals surface area contributed by atoms with Gasteiger partial charge in [-0.1, -0.05) is 12.1 Å². The number of halogens is 2. The molecule has 2 rings (SSSR count). The highest BCUT2D eigenvalue weighted by Gasteiger charge is 2.19. The average Bonchev–Trinajstić information content (AvgIpc) is 2.69. The summed E-state index contributed by atoms with van der Waals surface area (Å²) in [6, 6.07) is 9.57. The van der Waals surface area contributed by atoms with Crippen molar-refractivity contribution in [1.82, 2.24) is 9.80 Å². The Labute approximate surface area is 188 Å². The number of hydrogen-bond acceptors (Lipinski definition) is 3. The van der Waals surface area contributed by atoms with E-state index in [9.17, 15) is 23.2 Å². The van der Waals surface area contributed by atoms with Gasteiger partial charge in [-0.2, -0.15) is 0 Å². The molecule has 0 atom stereocenters. The molecule has 5 nitrogen and oxygen atoms in total. The fourth-order valence-corrected chi connectivity index (χ4v) is 3.61. The second kappa shape index (κ2) is 12.1. The summed E-state index contributed by atoms with van der Waals surface area (Å²) in [6.45, 7) is 4.20. The molecule has 2 aromatic carbocycles. The van der Waals surface area contributed by atoms with Crippen LogP contribution in [0.15, 0.2) is 36.4 Å². The summed E-state index contributed by atoms with van der Waals surface area (Å²) < 4.78 is 26.9. The van der Waals surface area contributed by atoms with Gasteiger partial charge in [-0.3, -0.25) is 19.3 Å². The molecule has 0 heterocycles. The Hall–Kier alpha value is -3.09. The molecule has 32 heavy (non-hydrogen) atoms. The van der Waals surface area contributed by atoms with Gasteiger partial charge in [0.25, 0.3) is 0 Å². The Balaban J connectivity index is 1.76. The van der Waals surface area contributed by atoms with Crippen LogP contribution in [0.25, 0.3) is 0 Å². The third-order valence-electron chi connectivity index (χ3n) is 5.20. The van der Waals surface area contributed by atoms with E-state index in [-0.39, 0.29) is 24.1 Å². The first-order valence-electron chi connectivity index (χ1n) is 10.7. The Kier molecular flexibility index (Phi) is 9.50. The minimum absolute atomic E-state index is 0.161. The largest absolute Gasteiger partial charge is 0.345 e. The lowest BCUT2D eigenvalue weighted by Gasteiger charge is -2.20. The maximum atomic E-state index is 13.5. The van der Waals surface area contributed by atoms with Crippen molar-refractivity contribution in [3.63, 3.8) is 0 Å². The Morgan fingerprint density at radius 3 is 1.78 bits per heavy atom. The molecular weight excluding hydrogens is 414 g/mol. The summed E-state index contributed by atoms with van der Waals surface area (Å²) in [5.74, 6) is -1.54. The number of carbonyl (C=O) groups excluding carboxylic acids is 3. The molecule has 0 saturated heterocycles. The van der Waals surface area contributed by atoms with Gasteiger partial charge in [0.15, 0.2) is 0 Å². The maximum absolute atomic E-state index is 13.5. The quantitative estimate of drug-likeness (QED) is 0.389. The number of amides is 3. The molecule has 0 aliphatic heterocycles. The molecule has 0 spiro atoms. The van der Waals surface area contributed by atoms with Crippen LogP contribution in [-0.4, -0.2) is 48.2 Å². The van der Waals surface area contributed by atoms with Gasteiger partial charge in [0.1, 0.15) is 18.1 Å². The monoisotopic (exact) mass is 444 g/mol. The highest BCUT2D eigenvalue weighted by Crippen LogP contribution is 2.12. The Bertz CT molecular complexity index is 922. The van der Waals surface area contributed by atoms with E-state index in [1.54, 1.807) is 14.0 Å². The molecular formula is C25H30F2N2O3. The smallest absolute Gasteiger partial charge is 0.238 e. The maximum Gasteiger partial charge on any atom is 0.238 e. The molecule has 0 unspecified atom stereocenters. The van der Waals surface area contributed by atoms with E-state index in [1.807, 2.05) is 19.1 Å². The van der Waals surface area contributed by atoms with E-state index in [1.165, 1.54) is 29.2 Å². The van der Waals surface area contributed by atoms with Crippen molar-refractivity contribution >= 4 is 18.2 Å². The van der Waals surface area contributed by atoms with Crippen molar-refractivity contribution < 1.29 is 23.2 Å². The minimum atomic E-state index is -0.562. The zero-order valence-electron chi connectivity index (χ0n) is 18.9. The number of imide groups is 1. The van der Waals surface area contributed by atoms with E-state index >= 15 is 0 Å². The van der Waals surface area contributed by atoms with Crippen LogP contribution in [0.5, 0.6) is 0 Å². The van der Waals surface area contributed by atoms with Gasteiger partial charge in [-0.15, -0.1) is 0 Å². The number of rotatable bonds is 11. The SMILES string of the molecule is Cc1cc(F)cc(CCCN(C)C(=O)CC(=O)N(C=O)CCCc2cc(C)cc(F)c2)c1. The zero-order valence-corrected chi connectivity index (χ0v) is 18.9. The van der Waals surface area contributed by atoms with Crippen LogP contribution >= 0.6 is 0 Å². The lowest BCUT2D eigenvalue weighted by atomic mass is 10.1. The zero-order chi connectivity index (χ0) is 23.7. The summed E-state index contributed by atoms with van der Waals surface area (Å²) in [5.41, 5.74) is 3.31. The second-order valence-electron chi connectivity index (χ2n) is 8.17. The molecule has 0 aliphatic rings. The van der Waals surface area contributed by atoms with E-state index in [4.69, 9.17) is 0 Å². The van der Waals surface area contributed by atoms with Gasteiger partial charge in [0, 0.05) is 20.1 Å². The normalized spacial score (nSPS) is 10.7. The predicted molar refractivity (Wildman–Crippen MR) is 119 cm³/mol.